The Bertz CT molecular complexity index is 1470. The van der Waals surface area contributed by atoms with Gasteiger partial charge in [0.25, 0.3) is 0 Å². The third-order valence-corrected chi connectivity index (χ3v) is 15.4. The van der Waals surface area contributed by atoms with Gasteiger partial charge in [-0.2, -0.15) is 0 Å². The fraction of sp³-hybridized carbons (Fsp3) is 0.797. The number of unbranched alkanes of at least 4 members (excludes halogenated alkanes) is 41. The van der Waals surface area contributed by atoms with Gasteiger partial charge in [0.2, 0.25) is 0 Å². The van der Waals surface area contributed by atoms with E-state index in [4.69, 9.17) is 14.2 Å². The van der Waals surface area contributed by atoms with Crippen LogP contribution >= 0.6 is 0 Å². The number of rotatable bonds is 64. The summed E-state index contributed by atoms with van der Waals surface area (Å²) in [6, 6.07) is 0. The molecule has 0 rings (SSSR count). The molecule has 0 bridgehead atoms. The van der Waals surface area contributed by atoms with E-state index in [1.807, 2.05) is 0 Å². The van der Waals surface area contributed by atoms with Gasteiger partial charge in [-0.15, -0.1) is 0 Å². The van der Waals surface area contributed by atoms with Gasteiger partial charge in [-0.1, -0.05) is 325 Å². The fourth-order valence-corrected chi connectivity index (χ4v) is 10.2. The molecule has 0 aliphatic rings. The maximum atomic E-state index is 13.0. The summed E-state index contributed by atoms with van der Waals surface area (Å²) in [6.07, 6.45) is 89.1. The Morgan fingerprint density at radius 3 is 0.762 bits per heavy atom. The molecule has 0 aromatic rings. The lowest BCUT2D eigenvalue weighted by molar-refractivity contribution is -0.167. The molecule has 0 N–H and O–H groups in total. The molecule has 0 saturated carbocycles. The zero-order chi connectivity index (χ0) is 57.8. The second-order valence-electron chi connectivity index (χ2n) is 23.4. The number of ether oxygens (including phenoxy) is 3. The van der Waals surface area contributed by atoms with Crippen LogP contribution in [0.3, 0.4) is 0 Å². The molecule has 0 heterocycles. The van der Waals surface area contributed by atoms with Crippen molar-refractivity contribution in [3.05, 3.63) is 72.9 Å². The Kier molecular flexibility index (Phi) is 65.7. The zero-order valence-corrected chi connectivity index (χ0v) is 53.3. The minimum Gasteiger partial charge on any atom is -0.462 e. The van der Waals surface area contributed by atoms with Gasteiger partial charge in [0.1, 0.15) is 13.2 Å². The van der Waals surface area contributed by atoms with Crippen LogP contribution in [0, 0.1) is 0 Å². The molecule has 0 aliphatic heterocycles. The molecular weight excluding hydrogens is 985 g/mol. The summed E-state index contributed by atoms with van der Waals surface area (Å²) in [5.74, 6) is -0.863. The molecule has 0 fully saturated rings. The Labute approximate surface area is 497 Å². The first-order chi connectivity index (χ1) is 39.5. The molecule has 6 heteroatoms. The number of hydrogen-bond acceptors (Lipinski definition) is 6. The lowest BCUT2D eigenvalue weighted by Gasteiger charge is -2.18. The third-order valence-electron chi connectivity index (χ3n) is 15.4. The highest BCUT2D eigenvalue weighted by Crippen LogP contribution is 2.18. The van der Waals surface area contributed by atoms with Gasteiger partial charge in [0, 0.05) is 19.3 Å². The summed E-state index contributed by atoms with van der Waals surface area (Å²) in [6.45, 7) is 6.57. The van der Waals surface area contributed by atoms with Crippen molar-refractivity contribution in [1.82, 2.24) is 0 Å². The van der Waals surface area contributed by atoms with Gasteiger partial charge < -0.3 is 14.2 Å². The van der Waals surface area contributed by atoms with Crippen LogP contribution in [0.2, 0.25) is 0 Å². The molecule has 0 aromatic heterocycles. The SMILES string of the molecule is CC/C=C\C/C=C\C/C=C\C/C=C\CCCCCCCCCCC(=O)OC(COC(=O)CCCCCCCCCCCCC/C=C\C/C=C\CCCCCCC)COC(=O)CCCCCCCCCCCCCCCCCCCC. The molecule has 0 radical (unpaired) electrons. The fourth-order valence-electron chi connectivity index (χ4n) is 10.2. The van der Waals surface area contributed by atoms with Gasteiger partial charge in [-0.25, -0.2) is 0 Å². The molecule has 80 heavy (non-hydrogen) atoms. The molecule has 0 aliphatic carbocycles. The van der Waals surface area contributed by atoms with E-state index in [-0.39, 0.29) is 31.1 Å². The summed E-state index contributed by atoms with van der Waals surface area (Å²) in [5.41, 5.74) is 0. The van der Waals surface area contributed by atoms with Crippen molar-refractivity contribution in [2.45, 2.75) is 367 Å². The van der Waals surface area contributed by atoms with E-state index in [1.165, 1.54) is 225 Å². The lowest BCUT2D eigenvalue weighted by atomic mass is 10.0. The van der Waals surface area contributed by atoms with Crippen molar-refractivity contribution in [1.29, 1.82) is 0 Å². The van der Waals surface area contributed by atoms with Crippen molar-refractivity contribution < 1.29 is 28.6 Å². The molecular formula is C74H132O6. The monoisotopic (exact) mass is 1120 g/mol. The first-order valence-electron chi connectivity index (χ1n) is 34.9. The Morgan fingerprint density at radius 1 is 0.263 bits per heavy atom. The Balaban J connectivity index is 4.36. The maximum absolute atomic E-state index is 13.0. The van der Waals surface area contributed by atoms with Crippen molar-refractivity contribution in [2.75, 3.05) is 13.2 Å². The van der Waals surface area contributed by atoms with Crippen LogP contribution < -0.4 is 0 Å². The molecule has 0 amide bonds. The van der Waals surface area contributed by atoms with Crippen LogP contribution in [0.5, 0.6) is 0 Å². The van der Waals surface area contributed by atoms with E-state index in [1.54, 1.807) is 0 Å². The lowest BCUT2D eigenvalue weighted by Crippen LogP contribution is -2.30. The van der Waals surface area contributed by atoms with Crippen molar-refractivity contribution in [3.8, 4) is 0 Å². The van der Waals surface area contributed by atoms with E-state index < -0.39 is 6.10 Å². The molecule has 6 nitrogen and oxygen atoms in total. The molecule has 464 valence electrons. The molecule has 1 atom stereocenters. The Morgan fingerprint density at radius 2 is 0.487 bits per heavy atom. The van der Waals surface area contributed by atoms with Crippen molar-refractivity contribution in [3.63, 3.8) is 0 Å². The van der Waals surface area contributed by atoms with Crippen LogP contribution in [0.25, 0.3) is 0 Å². The van der Waals surface area contributed by atoms with Gasteiger partial charge in [0.15, 0.2) is 6.10 Å². The predicted molar refractivity (Wildman–Crippen MR) is 348 cm³/mol. The summed E-state index contributed by atoms with van der Waals surface area (Å²) in [4.78, 5) is 38.5. The van der Waals surface area contributed by atoms with E-state index in [0.717, 1.165) is 96.3 Å². The number of carbonyl (C=O) groups excluding carboxylic acids is 3. The standard InChI is InChI=1S/C74H132O6/c1-4-7-10-13-16-19-22-25-28-31-34-36-37-39-40-43-46-49-52-55-58-61-64-67-73(76)79-70-71(69-78-72(75)66-63-60-57-54-51-48-45-42-33-30-27-24-21-18-15-12-9-6-3)80-74(77)68-65-62-59-56-53-50-47-44-41-38-35-32-29-26-23-20-17-14-11-8-5-2/h8,11,17,20,22,25-26,29,31,34-35,38,71H,4-7,9-10,12-16,18-19,21,23-24,27-28,30,32-33,36-37,39-70H2,1-3H3/b11-8-,20-17-,25-22-,29-26-,34-31-,38-35-. The average molecular weight is 1120 g/mol. The van der Waals surface area contributed by atoms with Crippen LogP contribution in [0.15, 0.2) is 72.9 Å². The summed E-state index contributed by atoms with van der Waals surface area (Å²) < 4.78 is 17.0. The molecule has 0 saturated heterocycles. The van der Waals surface area contributed by atoms with Crippen LogP contribution in [-0.4, -0.2) is 37.2 Å². The smallest absolute Gasteiger partial charge is 0.306 e. The first kappa shape index (κ1) is 76.9. The van der Waals surface area contributed by atoms with E-state index >= 15 is 0 Å². The largest absolute Gasteiger partial charge is 0.462 e. The van der Waals surface area contributed by atoms with E-state index in [0.29, 0.717) is 19.3 Å². The number of carbonyl (C=O) groups is 3. The molecule has 1 unspecified atom stereocenters. The van der Waals surface area contributed by atoms with Gasteiger partial charge in [-0.05, 0) is 89.9 Å². The average Bonchev–Trinajstić information content (AvgIpc) is 3.46. The van der Waals surface area contributed by atoms with Crippen molar-refractivity contribution in [2.24, 2.45) is 0 Å². The minimum absolute atomic E-state index is 0.0754. The highest BCUT2D eigenvalue weighted by molar-refractivity contribution is 5.71. The van der Waals surface area contributed by atoms with E-state index in [9.17, 15) is 14.4 Å². The van der Waals surface area contributed by atoms with Crippen molar-refractivity contribution >= 4 is 17.9 Å². The normalized spacial score (nSPS) is 12.5. The summed E-state index contributed by atoms with van der Waals surface area (Å²) in [7, 11) is 0. The number of allylic oxidation sites excluding steroid dienone is 12. The van der Waals surface area contributed by atoms with E-state index in [2.05, 4.69) is 93.7 Å². The summed E-state index contributed by atoms with van der Waals surface area (Å²) >= 11 is 0. The quantitative estimate of drug-likeness (QED) is 0.0261. The van der Waals surface area contributed by atoms with Crippen LogP contribution in [-0.2, 0) is 28.6 Å². The van der Waals surface area contributed by atoms with Crippen LogP contribution in [0.1, 0.15) is 361 Å². The topological polar surface area (TPSA) is 78.9 Å². The highest BCUT2D eigenvalue weighted by atomic mass is 16.6. The van der Waals surface area contributed by atoms with Gasteiger partial charge in [-0.3, -0.25) is 14.4 Å². The predicted octanol–water partition coefficient (Wildman–Crippen LogP) is 24.1. The molecule has 0 spiro atoms. The second-order valence-corrected chi connectivity index (χ2v) is 23.4. The minimum atomic E-state index is -0.781. The highest BCUT2D eigenvalue weighted by Gasteiger charge is 2.19. The zero-order valence-electron chi connectivity index (χ0n) is 53.3. The summed E-state index contributed by atoms with van der Waals surface area (Å²) in [5, 5.41) is 0. The maximum Gasteiger partial charge on any atom is 0.306 e. The van der Waals surface area contributed by atoms with Gasteiger partial charge >= 0.3 is 17.9 Å². The first-order valence-corrected chi connectivity index (χ1v) is 34.9. The Hall–Kier alpha value is -3.15. The second kappa shape index (κ2) is 68.3. The molecule has 0 aromatic carbocycles. The van der Waals surface area contributed by atoms with Crippen LogP contribution in [0.4, 0.5) is 0 Å². The number of hydrogen-bond donors (Lipinski definition) is 0. The third kappa shape index (κ3) is 65.7. The van der Waals surface area contributed by atoms with Gasteiger partial charge in [0.05, 0.1) is 0 Å². The number of esters is 3.